The molecule has 1 N–H and O–H groups in total. The van der Waals surface area contributed by atoms with Gasteiger partial charge in [0.2, 0.25) is 0 Å². The first-order valence-corrected chi connectivity index (χ1v) is 9.95. The van der Waals surface area contributed by atoms with E-state index in [4.69, 9.17) is 25.8 Å². The van der Waals surface area contributed by atoms with Gasteiger partial charge in [-0.3, -0.25) is 4.72 Å². The van der Waals surface area contributed by atoms with E-state index >= 15 is 0 Å². The fraction of sp³-hybridized carbons (Fsp3) is 0.333. The molecule has 0 saturated carbocycles. The van der Waals surface area contributed by atoms with Crippen LogP contribution in [-0.4, -0.2) is 28.7 Å². The maximum Gasteiger partial charge on any atom is 0.265 e. The molecule has 0 fully saturated rings. The van der Waals surface area contributed by atoms with Crippen molar-refractivity contribution in [3.05, 3.63) is 40.9 Å². The number of anilines is 1. The van der Waals surface area contributed by atoms with E-state index < -0.39 is 10.0 Å². The normalized spacial score (nSPS) is 11.1. The van der Waals surface area contributed by atoms with Crippen molar-refractivity contribution in [2.24, 2.45) is 0 Å². The van der Waals surface area contributed by atoms with Crippen molar-refractivity contribution in [1.29, 1.82) is 0 Å². The van der Waals surface area contributed by atoms with Gasteiger partial charge >= 0.3 is 0 Å². The van der Waals surface area contributed by atoms with Crippen LogP contribution in [-0.2, 0) is 10.0 Å². The Morgan fingerprint density at radius 3 is 2.27 bits per heavy atom. The molecule has 0 aliphatic heterocycles. The Morgan fingerprint density at radius 1 is 1.00 bits per heavy atom. The summed E-state index contributed by atoms with van der Waals surface area (Å²) in [6.45, 7) is 6.20. The molecule has 8 heteroatoms. The molecule has 0 radical (unpaired) electrons. The van der Waals surface area contributed by atoms with Crippen molar-refractivity contribution in [2.45, 2.75) is 25.7 Å². The van der Waals surface area contributed by atoms with E-state index in [1.54, 1.807) is 25.1 Å². The monoisotopic (exact) mass is 399 g/mol. The minimum absolute atomic E-state index is 0.0181. The van der Waals surface area contributed by atoms with E-state index in [2.05, 4.69) is 4.72 Å². The summed E-state index contributed by atoms with van der Waals surface area (Å²) in [6, 6.07) is 7.80. The molecule has 0 spiro atoms. The summed E-state index contributed by atoms with van der Waals surface area (Å²) >= 11 is 5.98. The second-order valence-corrected chi connectivity index (χ2v) is 7.47. The van der Waals surface area contributed by atoms with Gasteiger partial charge in [-0.15, -0.1) is 0 Å². The van der Waals surface area contributed by atoms with Crippen LogP contribution < -0.4 is 18.9 Å². The highest BCUT2D eigenvalue weighted by Gasteiger charge is 2.24. The highest BCUT2D eigenvalue weighted by atomic mass is 35.5. The molecule has 0 bridgehead atoms. The number of ether oxygens (including phenoxy) is 3. The molecular formula is C18H22ClNO5S. The summed E-state index contributed by atoms with van der Waals surface area (Å²) < 4.78 is 44.8. The maximum absolute atomic E-state index is 13.0. The molecule has 0 saturated heterocycles. The van der Waals surface area contributed by atoms with Crippen LogP contribution in [0.1, 0.15) is 19.4 Å². The van der Waals surface area contributed by atoms with Gasteiger partial charge in [-0.25, -0.2) is 8.42 Å². The first-order valence-electron chi connectivity index (χ1n) is 8.09. The third kappa shape index (κ3) is 4.53. The summed E-state index contributed by atoms with van der Waals surface area (Å²) in [7, 11) is -2.52. The fourth-order valence-electron chi connectivity index (χ4n) is 2.39. The first kappa shape index (κ1) is 20.2. The highest BCUT2D eigenvalue weighted by molar-refractivity contribution is 7.92. The molecule has 0 amide bonds. The highest BCUT2D eigenvalue weighted by Crippen LogP contribution is 2.35. The summed E-state index contributed by atoms with van der Waals surface area (Å²) in [4.78, 5) is -0.0181. The molecule has 2 rings (SSSR count). The van der Waals surface area contributed by atoms with E-state index in [0.717, 1.165) is 5.56 Å². The number of aryl methyl sites for hydroxylation is 1. The van der Waals surface area contributed by atoms with E-state index in [1.165, 1.54) is 19.2 Å². The average Bonchev–Trinajstić information content (AvgIpc) is 2.57. The Bertz CT molecular complexity index is 883. The van der Waals surface area contributed by atoms with Crippen LogP contribution in [0.4, 0.5) is 5.69 Å². The van der Waals surface area contributed by atoms with Crippen LogP contribution in [0.15, 0.2) is 35.2 Å². The van der Waals surface area contributed by atoms with Gasteiger partial charge in [-0.1, -0.05) is 11.6 Å². The molecule has 142 valence electrons. The van der Waals surface area contributed by atoms with Crippen molar-refractivity contribution < 1.29 is 22.6 Å². The largest absolute Gasteiger partial charge is 0.495 e. The standard InChI is InChI=1S/C18H22ClNO5S/c1-5-24-16-11-18(17(25-6-2)9-12(16)3)26(21,22)20-14-10-13(19)7-8-15(14)23-4/h7-11,20H,5-6H2,1-4H3. The lowest BCUT2D eigenvalue weighted by molar-refractivity contribution is 0.321. The van der Waals surface area contributed by atoms with E-state index in [1.807, 2.05) is 13.8 Å². The first-order chi connectivity index (χ1) is 12.3. The van der Waals surface area contributed by atoms with Gasteiger partial charge in [-0.2, -0.15) is 0 Å². The Balaban J connectivity index is 2.54. The van der Waals surface area contributed by atoms with Crippen molar-refractivity contribution in [3.8, 4) is 17.2 Å². The van der Waals surface area contributed by atoms with Crippen molar-refractivity contribution >= 4 is 27.3 Å². The molecule has 26 heavy (non-hydrogen) atoms. The van der Waals surface area contributed by atoms with Crippen molar-refractivity contribution in [2.75, 3.05) is 25.0 Å². The van der Waals surface area contributed by atoms with Gasteiger partial charge in [0, 0.05) is 11.1 Å². The minimum Gasteiger partial charge on any atom is -0.495 e. The summed E-state index contributed by atoms with van der Waals surface area (Å²) in [5.74, 6) is 1.09. The van der Waals surface area contributed by atoms with Gasteiger partial charge in [0.25, 0.3) is 10.0 Å². The summed E-state index contributed by atoms with van der Waals surface area (Å²) in [6.07, 6.45) is 0. The minimum atomic E-state index is -3.97. The van der Waals surface area contributed by atoms with Gasteiger partial charge < -0.3 is 14.2 Å². The number of hydrogen-bond donors (Lipinski definition) is 1. The van der Waals surface area contributed by atoms with Crippen LogP contribution in [0.25, 0.3) is 0 Å². The zero-order chi connectivity index (χ0) is 19.3. The van der Waals surface area contributed by atoms with Crippen LogP contribution in [0.3, 0.4) is 0 Å². The summed E-state index contributed by atoms with van der Waals surface area (Å²) in [5.41, 5.74) is 1.02. The van der Waals surface area contributed by atoms with Crippen molar-refractivity contribution in [3.63, 3.8) is 0 Å². The predicted octanol–water partition coefficient (Wildman–Crippen LogP) is 4.26. The van der Waals surface area contributed by atoms with Crippen molar-refractivity contribution in [1.82, 2.24) is 0 Å². The lowest BCUT2D eigenvalue weighted by Gasteiger charge is -2.17. The van der Waals surface area contributed by atoms with Crippen LogP contribution in [0.5, 0.6) is 17.2 Å². The predicted molar refractivity (Wildman–Crippen MR) is 102 cm³/mol. The number of hydrogen-bond acceptors (Lipinski definition) is 5. The molecule has 0 heterocycles. The lowest BCUT2D eigenvalue weighted by Crippen LogP contribution is -2.16. The molecule has 0 unspecified atom stereocenters. The molecule has 6 nitrogen and oxygen atoms in total. The SMILES string of the molecule is CCOc1cc(S(=O)(=O)Nc2cc(Cl)ccc2OC)c(OCC)cc1C. The second kappa shape index (κ2) is 8.51. The number of methoxy groups -OCH3 is 1. The van der Waals surface area contributed by atoms with E-state index in [-0.39, 0.29) is 16.3 Å². The van der Waals surface area contributed by atoms with Crippen LogP contribution in [0, 0.1) is 6.92 Å². The average molecular weight is 400 g/mol. The molecule has 2 aromatic carbocycles. The molecule has 2 aromatic rings. The van der Waals surface area contributed by atoms with Gasteiger partial charge in [-0.05, 0) is 50.6 Å². The maximum atomic E-state index is 13.0. The number of benzene rings is 2. The topological polar surface area (TPSA) is 73.9 Å². The molecule has 0 aliphatic carbocycles. The number of sulfonamides is 1. The Hall–Kier alpha value is -2.12. The third-order valence-corrected chi connectivity index (χ3v) is 5.16. The quantitative estimate of drug-likeness (QED) is 0.718. The smallest absolute Gasteiger partial charge is 0.265 e. The number of rotatable bonds is 8. The molecule has 0 aliphatic rings. The Morgan fingerprint density at radius 2 is 1.65 bits per heavy atom. The number of halogens is 1. The van der Waals surface area contributed by atoms with Gasteiger partial charge in [0.1, 0.15) is 22.1 Å². The van der Waals surface area contributed by atoms with Crippen LogP contribution in [0.2, 0.25) is 5.02 Å². The van der Waals surface area contributed by atoms with E-state index in [0.29, 0.717) is 29.7 Å². The zero-order valence-corrected chi connectivity index (χ0v) is 16.7. The Labute approximate surface area is 159 Å². The van der Waals surface area contributed by atoms with E-state index in [9.17, 15) is 8.42 Å². The fourth-order valence-corrected chi connectivity index (χ4v) is 3.77. The van der Waals surface area contributed by atoms with Gasteiger partial charge in [0.15, 0.2) is 0 Å². The van der Waals surface area contributed by atoms with Crippen LogP contribution >= 0.6 is 11.6 Å². The van der Waals surface area contributed by atoms with Gasteiger partial charge in [0.05, 0.1) is 26.0 Å². The third-order valence-electron chi connectivity index (χ3n) is 3.54. The molecular weight excluding hydrogens is 378 g/mol. The lowest BCUT2D eigenvalue weighted by atomic mass is 10.2. The summed E-state index contributed by atoms with van der Waals surface area (Å²) in [5, 5.41) is 0.382. The zero-order valence-electron chi connectivity index (χ0n) is 15.1. The second-order valence-electron chi connectivity index (χ2n) is 5.38. The number of nitrogens with one attached hydrogen (secondary N) is 1. The molecule has 0 aromatic heterocycles. The Kier molecular flexibility index (Phi) is 6.61. The molecule has 0 atom stereocenters.